The van der Waals surface area contributed by atoms with E-state index in [0.29, 0.717) is 25.2 Å². The van der Waals surface area contributed by atoms with Gasteiger partial charge in [0.2, 0.25) is 0 Å². The van der Waals surface area contributed by atoms with Crippen LogP contribution in [0, 0.1) is 13.8 Å². The molecule has 5 aromatic rings. The van der Waals surface area contributed by atoms with Crippen molar-refractivity contribution in [3.05, 3.63) is 117 Å². The summed E-state index contributed by atoms with van der Waals surface area (Å²) in [7, 11) is 1.68. The van der Waals surface area contributed by atoms with Crippen molar-refractivity contribution in [3.63, 3.8) is 0 Å². The van der Waals surface area contributed by atoms with Crippen LogP contribution in [0.2, 0.25) is 0 Å². The number of tetrazole rings is 1. The minimum Gasteiger partial charge on any atom is -0.496 e. The van der Waals surface area contributed by atoms with Gasteiger partial charge in [0.05, 0.1) is 18.7 Å². The first-order valence-corrected chi connectivity index (χ1v) is 13.8. The van der Waals surface area contributed by atoms with E-state index >= 15 is 0 Å². The van der Waals surface area contributed by atoms with Crippen molar-refractivity contribution in [1.29, 1.82) is 0 Å². The molecular weight excluding hydrogens is 500 g/mol. The molecule has 0 aliphatic carbocycles. The lowest BCUT2D eigenvalue weighted by Gasteiger charge is -2.31. The molecule has 0 radical (unpaired) electrons. The normalized spacial score (nSPS) is 12.2. The molecule has 2 heterocycles. The largest absolute Gasteiger partial charge is 0.496 e. The van der Waals surface area contributed by atoms with Gasteiger partial charge in [0.15, 0.2) is 5.82 Å². The van der Waals surface area contributed by atoms with Crippen LogP contribution in [0.5, 0.6) is 5.75 Å². The summed E-state index contributed by atoms with van der Waals surface area (Å²) in [5.74, 6) is 1.60. The number of aryl methyl sites for hydroxylation is 4. The summed E-state index contributed by atoms with van der Waals surface area (Å²) in [6, 6.07) is 24.4. The van der Waals surface area contributed by atoms with Gasteiger partial charge in [-0.3, -0.25) is 9.69 Å². The van der Waals surface area contributed by atoms with Gasteiger partial charge in [-0.15, -0.1) is 5.10 Å². The van der Waals surface area contributed by atoms with E-state index in [4.69, 9.17) is 4.74 Å². The molecular formula is C32H36N6O2. The minimum absolute atomic E-state index is 0.0789. The van der Waals surface area contributed by atoms with Crippen LogP contribution in [0.4, 0.5) is 0 Å². The van der Waals surface area contributed by atoms with Crippen molar-refractivity contribution in [2.24, 2.45) is 0 Å². The second-order valence-electron chi connectivity index (χ2n) is 10.2. The zero-order chi connectivity index (χ0) is 28.1. The number of fused-ring (bicyclic) bond motifs is 1. The third kappa shape index (κ3) is 5.82. The number of para-hydroxylation sites is 1. The molecule has 206 valence electrons. The number of hydrogen-bond acceptors (Lipinski definition) is 6. The first-order valence-electron chi connectivity index (χ1n) is 13.8. The van der Waals surface area contributed by atoms with Crippen LogP contribution in [0.15, 0.2) is 77.6 Å². The lowest BCUT2D eigenvalue weighted by molar-refractivity contribution is 0.159. The number of H-pyrrole nitrogens is 1. The molecule has 40 heavy (non-hydrogen) atoms. The van der Waals surface area contributed by atoms with Crippen molar-refractivity contribution < 1.29 is 4.74 Å². The predicted octanol–water partition coefficient (Wildman–Crippen LogP) is 5.54. The third-order valence-corrected chi connectivity index (χ3v) is 7.60. The molecule has 1 atom stereocenters. The van der Waals surface area contributed by atoms with E-state index in [9.17, 15) is 4.79 Å². The molecule has 0 spiro atoms. The number of nitrogens with one attached hydrogen (secondary N) is 1. The lowest BCUT2D eigenvalue weighted by Crippen LogP contribution is -2.32. The Morgan fingerprint density at radius 2 is 1.68 bits per heavy atom. The van der Waals surface area contributed by atoms with E-state index in [-0.39, 0.29) is 11.6 Å². The molecule has 0 unspecified atom stereocenters. The van der Waals surface area contributed by atoms with E-state index in [0.717, 1.165) is 52.0 Å². The number of benzene rings is 3. The Balaban J connectivity index is 1.53. The monoisotopic (exact) mass is 536 g/mol. The molecule has 0 amide bonds. The lowest BCUT2D eigenvalue weighted by atomic mass is 10.0. The summed E-state index contributed by atoms with van der Waals surface area (Å²) >= 11 is 0. The van der Waals surface area contributed by atoms with Crippen molar-refractivity contribution in [3.8, 4) is 5.75 Å². The fourth-order valence-electron chi connectivity index (χ4n) is 5.38. The van der Waals surface area contributed by atoms with Crippen LogP contribution in [-0.4, -0.2) is 37.2 Å². The Hall–Kier alpha value is -4.30. The maximum atomic E-state index is 13.4. The Labute approximate surface area is 234 Å². The highest BCUT2D eigenvalue weighted by Crippen LogP contribution is 2.30. The minimum atomic E-state index is -0.121. The van der Waals surface area contributed by atoms with Crippen LogP contribution in [0.25, 0.3) is 10.9 Å². The highest BCUT2D eigenvalue weighted by atomic mass is 16.5. The second-order valence-corrected chi connectivity index (χ2v) is 10.2. The fourth-order valence-corrected chi connectivity index (χ4v) is 5.38. The molecule has 0 aliphatic heterocycles. The SMILES string of the molecule is CC[C@H](c1nnnn1CCc1ccccc1)N(Cc1ccccc1OC)Cc1cc2c(C)ccc(C)c2[nH]c1=O. The zero-order valence-corrected chi connectivity index (χ0v) is 23.6. The van der Waals surface area contributed by atoms with Gasteiger partial charge in [0, 0.05) is 36.1 Å². The van der Waals surface area contributed by atoms with Crippen LogP contribution < -0.4 is 10.3 Å². The highest BCUT2D eigenvalue weighted by molar-refractivity contribution is 5.85. The number of aromatic amines is 1. The number of nitrogens with zero attached hydrogens (tertiary/aromatic N) is 5. The van der Waals surface area contributed by atoms with Gasteiger partial charge in [-0.05, 0) is 65.9 Å². The molecule has 0 bridgehead atoms. The van der Waals surface area contributed by atoms with Gasteiger partial charge in [-0.2, -0.15) is 0 Å². The van der Waals surface area contributed by atoms with Gasteiger partial charge < -0.3 is 9.72 Å². The molecule has 0 aliphatic rings. The average Bonchev–Trinajstić information content (AvgIpc) is 3.44. The molecule has 0 saturated carbocycles. The predicted molar refractivity (Wildman–Crippen MR) is 157 cm³/mol. The van der Waals surface area contributed by atoms with Gasteiger partial charge in [-0.1, -0.05) is 67.6 Å². The van der Waals surface area contributed by atoms with Crippen molar-refractivity contribution in [1.82, 2.24) is 30.1 Å². The quantitative estimate of drug-likeness (QED) is 0.239. The standard InChI is InChI=1S/C32H36N6O2/c1-5-28(31-34-35-36-38(31)18-17-24-11-7-6-8-12-24)37(20-25-13-9-10-14-29(25)40-4)21-26-19-27-22(2)15-16-23(3)30(27)33-32(26)39/h6-16,19,28H,5,17-18,20-21H2,1-4H3,(H,33,39)/t28-/m1/s1. The first-order chi connectivity index (χ1) is 19.5. The molecule has 8 nitrogen and oxygen atoms in total. The average molecular weight is 537 g/mol. The van der Waals surface area contributed by atoms with Gasteiger partial charge in [0.1, 0.15) is 5.75 Å². The summed E-state index contributed by atoms with van der Waals surface area (Å²) in [5, 5.41) is 14.0. The second kappa shape index (κ2) is 12.3. The van der Waals surface area contributed by atoms with E-state index in [1.807, 2.05) is 60.1 Å². The van der Waals surface area contributed by atoms with Gasteiger partial charge in [-0.25, -0.2) is 4.68 Å². The molecule has 2 aromatic heterocycles. The third-order valence-electron chi connectivity index (χ3n) is 7.60. The van der Waals surface area contributed by atoms with E-state index in [1.54, 1.807) is 7.11 Å². The number of rotatable bonds is 11. The van der Waals surface area contributed by atoms with Crippen molar-refractivity contribution in [2.45, 2.75) is 59.3 Å². The summed E-state index contributed by atoms with van der Waals surface area (Å²) in [6.45, 7) is 7.90. The molecule has 0 saturated heterocycles. The molecule has 3 aromatic carbocycles. The van der Waals surface area contributed by atoms with E-state index in [2.05, 4.69) is 63.5 Å². The van der Waals surface area contributed by atoms with Crippen molar-refractivity contribution in [2.75, 3.05) is 7.11 Å². The van der Waals surface area contributed by atoms with Crippen LogP contribution in [0.3, 0.4) is 0 Å². The van der Waals surface area contributed by atoms with Crippen LogP contribution >= 0.6 is 0 Å². The number of methoxy groups -OCH3 is 1. The number of aromatic nitrogens is 5. The van der Waals surface area contributed by atoms with Crippen LogP contribution in [-0.2, 0) is 26.1 Å². The molecule has 0 fully saturated rings. The summed E-state index contributed by atoms with van der Waals surface area (Å²) in [4.78, 5) is 18.8. The topological polar surface area (TPSA) is 88.9 Å². The number of pyridine rings is 1. The Morgan fingerprint density at radius 3 is 2.45 bits per heavy atom. The van der Waals surface area contributed by atoms with Crippen molar-refractivity contribution >= 4 is 10.9 Å². The summed E-state index contributed by atoms with van der Waals surface area (Å²) < 4.78 is 7.58. The Morgan fingerprint density at radius 1 is 0.950 bits per heavy atom. The molecule has 5 rings (SSSR count). The first kappa shape index (κ1) is 27.3. The Bertz CT molecular complexity index is 1640. The maximum absolute atomic E-state index is 13.4. The fraction of sp³-hybridized carbons (Fsp3) is 0.312. The molecule has 1 N–H and O–H groups in total. The van der Waals surface area contributed by atoms with E-state index in [1.165, 1.54) is 5.56 Å². The maximum Gasteiger partial charge on any atom is 0.252 e. The Kier molecular flexibility index (Phi) is 8.36. The van der Waals surface area contributed by atoms with Gasteiger partial charge in [0.25, 0.3) is 5.56 Å². The number of hydrogen-bond donors (Lipinski definition) is 1. The van der Waals surface area contributed by atoms with Gasteiger partial charge >= 0.3 is 0 Å². The molecule has 8 heteroatoms. The van der Waals surface area contributed by atoms with E-state index < -0.39 is 0 Å². The number of ether oxygens (including phenoxy) is 1. The smallest absolute Gasteiger partial charge is 0.252 e. The van der Waals surface area contributed by atoms with Crippen LogP contribution in [0.1, 0.15) is 53.0 Å². The summed E-state index contributed by atoms with van der Waals surface area (Å²) in [6.07, 6.45) is 1.59. The summed E-state index contributed by atoms with van der Waals surface area (Å²) in [5.41, 5.74) is 5.97. The zero-order valence-electron chi connectivity index (χ0n) is 23.6. The highest BCUT2D eigenvalue weighted by Gasteiger charge is 2.27.